The smallest absolute Gasteiger partial charge is 0.459 e. The second-order valence-electron chi connectivity index (χ2n) is 8.79. The van der Waals surface area contributed by atoms with Gasteiger partial charge in [0.2, 0.25) is 12.4 Å². The molecule has 0 spiro atoms. The molecule has 14 nitrogen and oxygen atoms in total. The Morgan fingerprint density at radius 3 is 1.61 bits per heavy atom. The Labute approximate surface area is 253 Å². The molecule has 1 aromatic rings. The molecule has 5 atom stereocenters. The fourth-order valence-electron chi connectivity index (χ4n) is 3.57. The van der Waals surface area contributed by atoms with Crippen molar-refractivity contribution in [3.63, 3.8) is 0 Å². The van der Waals surface area contributed by atoms with Crippen LogP contribution in [0.2, 0.25) is 0 Å². The highest BCUT2D eigenvalue weighted by Crippen LogP contribution is 2.31. The molecule has 14 heteroatoms. The summed E-state index contributed by atoms with van der Waals surface area (Å²) in [5.74, 6) is -2.03. The lowest BCUT2D eigenvalue weighted by atomic mass is 9.98. The first kappa shape index (κ1) is 35.1. The third-order valence-electron chi connectivity index (χ3n) is 5.44. The highest BCUT2D eigenvalue weighted by Gasteiger charge is 2.57. The molecule has 0 unspecified atom stereocenters. The van der Waals surface area contributed by atoms with Crippen molar-refractivity contribution in [2.75, 3.05) is 26.4 Å². The van der Waals surface area contributed by atoms with Gasteiger partial charge in [0.05, 0.1) is 6.42 Å². The molecule has 1 heterocycles. The number of carbonyl (C=O) groups excluding carboxylic acids is 5. The third kappa shape index (κ3) is 11.3. The van der Waals surface area contributed by atoms with Crippen molar-refractivity contribution in [3.05, 3.63) is 86.0 Å². The van der Waals surface area contributed by atoms with Crippen LogP contribution in [-0.2, 0) is 58.6 Å². The maximum atomic E-state index is 13.1. The van der Waals surface area contributed by atoms with Crippen molar-refractivity contribution >= 4 is 30.4 Å². The molecule has 1 aliphatic rings. The molecule has 44 heavy (non-hydrogen) atoms. The van der Waals surface area contributed by atoms with Crippen molar-refractivity contribution in [1.29, 1.82) is 0 Å². The number of esters is 2. The molecule has 0 amide bonds. The lowest BCUT2D eigenvalue weighted by molar-refractivity contribution is -0.289. The molecule has 1 saturated heterocycles. The second-order valence-corrected chi connectivity index (χ2v) is 8.79. The summed E-state index contributed by atoms with van der Waals surface area (Å²) in [5.41, 5.74) is 1.51. The highest BCUT2D eigenvalue weighted by molar-refractivity contribution is 5.77. The Morgan fingerprint density at radius 2 is 1.11 bits per heavy atom. The van der Waals surface area contributed by atoms with Gasteiger partial charge in [0.15, 0.2) is 18.3 Å². The molecular weight excluding hydrogens is 584 g/mol. The standard InChI is InChI=1S/C30H34O14/c1-6-14-36-26(32)24-22(42-28(33)37-15-7-2)23(43-29(34)38-16-8-3)25(44-30(35)39-17-9-4)27(41-24)40-21(31)18-20-12-10-19(5)11-13-20/h6-13,22-25,27H,1-4,14-18H2,5H3/t22-,23-,24-,25+,27+/m0/s1. The van der Waals surface area contributed by atoms with Gasteiger partial charge >= 0.3 is 30.4 Å². The Kier molecular flexibility index (Phi) is 14.7. The van der Waals surface area contributed by atoms with E-state index in [9.17, 15) is 24.0 Å². The zero-order valence-corrected chi connectivity index (χ0v) is 24.1. The van der Waals surface area contributed by atoms with Gasteiger partial charge < -0.3 is 42.6 Å². The van der Waals surface area contributed by atoms with Crippen LogP contribution in [0.25, 0.3) is 0 Å². The van der Waals surface area contributed by atoms with Gasteiger partial charge in [0.25, 0.3) is 0 Å². The van der Waals surface area contributed by atoms with Crippen LogP contribution in [0, 0.1) is 6.92 Å². The third-order valence-corrected chi connectivity index (χ3v) is 5.44. The summed E-state index contributed by atoms with van der Waals surface area (Å²) >= 11 is 0. The predicted molar refractivity (Wildman–Crippen MR) is 150 cm³/mol. The van der Waals surface area contributed by atoms with Crippen LogP contribution in [0.1, 0.15) is 11.1 Å². The maximum Gasteiger partial charge on any atom is 0.509 e. The summed E-state index contributed by atoms with van der Waals surface area (Å²) in [6.07, 6.45) is -8.89. The monoisotopic (exact) mass is 618 g/mol. The van der Waals surface area contributed by atoms with Crippen LogP contribution in [0.3, 0.4) is 0 Å². The Bertz CT molecular complexity index is 1190. The molecule has 1 fully saturated rings. The second kappa shape index (κ2) is 18.4. The average molecular weight is 619 g/mol. The number of ether oxygens (including phenoxy) is 9. The van der Waals surface area contributed by atoms with Gasteiger partial charge in [0.1, 0.15) is 26.4 Å². The summed E-state index contributed by atoms with van der Waals surface area (Å²) in [7, 11) is 0. The molecule has 0 bridgehead atoms. The minimum absolute atomic E-state index is 0.264. The van der Waals surface area contributed by atoms with Crippen LogP contribution >= 0.6 is 0 Å². The van der Waals surface area contributed by atoms with Crippen molar-refractivity contribution < 1.29 is 66.6 Å². The molecule has 0 saturated carbocycles. The van der Waals surface area contributed by atoms with Gasteiger partial charge in [-0.25, -0.2) is 19.2 Å². The van der Waals surface area contributed by atoms with Crippen LogP contribution in [0.5, 0.6) is 0 Å². The lowest BCUT2D eigenvalue weighted by Gasteiger charge is -2.42. The molecule has 238 valence electrons. The number of aryl methyl sites for hydroxylation is 1. The van der Waals surface area contributed by atoms with Crippen molar-refractivity contribution in [3.8, 4) is 0 Å². The predicted octanol–water partition coefficient (Wildman–Crippen LogP) is 3.66. The fraction of sp³-hybridized carbons (Fsp3) is 0.367. The molecule has 0 radical (unpaired) electrons. The van der Waals surface area contributed by atoms with Crippen molar-refractivity contribution in [2.45, 2.75) is 44.1 Å². The number of benzene rings is 1. The SMILES string of the molecule is C=CCOC(=O)O[C@@H]1[C@@H](OC(=O)OCC=C)[C@H](OC(=O)Cc2ccc(C)cc2)O[C@H](C(=O)OCC=C)[C@H]1OC(=O)OCC=C. The zero-order valence-electron chi connectivity index (χ0n) is 24.1. The van der Waals surface area contributed by atoms with Crippen LogP contribution < -0.4 is 0 Å². The van der Waals surface area contributed by atoms with E-state index in [0.717, 1.165) is 5.56 Å². The summed E-state index contributed by atoms with van der Waals surface area (Å²) in [4.78, 5) is 63.7. The quantitative estimate of drug-likeness (QED) is 0.159. The highest BCUT2D eigenvalue weighted by atomic mass is 16.8. The lowest BCUT2D eigenvalue weighted by Crippen LogP contribution is -2.64. The summed E-state index contributed by atoms with van der Waals surface area (Å²) < 4.78 is 46.7. The van der Waals surface area contributed by atoms with Gasteiger partial charge in [-0.15, -0.1) is 0 Å². The van der Waals surface area contributed by atoms with Gasteiger partial charge in [0, 0.05) is 0 Å². The van der Waals surface area contributed by atoms with E-state index < -0.39 is 61.1 Å². The van der Waals surface area contributed by atoms with Gasteiger partial charge in [-0.05, 0) is 12.5 Å². The van der Waals surface area contributed by atoms with E-state index in [-0.39, 0.29) is 32.8 Å². The molecule has 1 aliphatic heterocycles. The topological polar surface area (TPSA) is 168 Å². The first-order chi connectivity index (χ1) is 21.1. The normalized spacial score (nSPS) is 20.4. The first-order valence-corrected chi connectivity index (χ1v) is 13.1. The fourth-order valence-corrected chi connectivity index (χ4v) is 3.57. The summed E-state index contributed by atoms with van der Waals surface area (Å²) in [6.45, 7) is 14.4. The van der Waals surface area contributed by atoms with Crippen LogP contribution in [0.4, 0.5) is 14.4 Å². The van der Waals surface area contributed by atoms with E-state index in [4.69, 9.17) is 42.6 Å². The number of hydrogen-bond donors (Lipinski definition) is 0. The molecule has 0 aliphatic carbocycles. The molecule has 1 aromatic carbocycles. The molecule has 0 aromatic heterocycles. The Morgan fingerprint density at radius 1 is 0.659 bits per heavy atom. The largest absolute Gasteiger partial charge is 0.509 e. The molecule has 2 rings (SSSR count). The van der Waals surface area contributed by atoms with Crippen LogP contribution in [-0.4, -0.2) is 87.5 Å². The summed E-state index contributed by atoms with van der Waals surface area (Å²) in [5, 5.41) is 0. The first-order valence-electron chi connectivity index (χ1n) is 13.1. The van der Waals surface area contributed by atoms with E-state index in [0.29, 0.717) is 5.56 Å². The van der Waals surface area contributed by atoms with Gasteiger partial charge in [-0.3, -0.25) is 4.79 Å². The van der Waals surface area contributed by atoms with Crippen molar-refractivity contribution in [2.24, 2.45) is 0 Å². The van der Waals surface area contributed by atoms with Gasteiger partial charge in [-0.2, -0.15) is 0 Å². The molecule has 0 N–H and O–H groups in total. The molecular formula is C30H34O14. The maximum absolute atomic E-state index is 13.1. The summed E-state index contributed by atoms with van der Waals surface area (Å²) in [6, 6.07) is 6.93. The Hall–Kier alpha value is -5.11. The average Bonchev–Trinajstić information content (AvgIpc) is 3.00. The Balaban J connectivity index is 2.55. The zero-order chi connectivity index (χ0) is 32.5. The number of carbonyl (C=O) groups is 5. The van der Waals surface area contributed by atoms with Crippen LogP contribution in [0.15, 0.2) is 74.9 Å². The minimum Gasteiger partial charge on any atom is -0.459 e. The van der Waals surface area contributed by atoms with E-state index in [1.165, 1.54) is 24.3 Å². The van der Waals surface area contributed by atoms with E-state index in [1.54, 1.807) is 24.3 Å². The number of hydrogen-bond acceptors (Lipinski definition) is 14. The van der Waals surface area contributed by atoms with Crippen molar-refractivity contribution in [1.82, 2.24) is 0 Å². The van der Waals surface area contributed by atoms with E-state index in [1.807, 2.05) is 6.92 Å². The van der Waals surface area contributed by atoms with E-state index >= 15 is 0 Å². The van der Waals surface area contributed by atoms with E-state index in [2.05, 4.69) is 26.3 Å². The van der Waals surface area contributed by atoms with Gasteiger partial charge in [-0.1, -0.05) is 80.4 Å². The minimum atomic E-state index is -1.92. The number of rotatable bonds is 15.